The Bertz CT molecular complexity index is 461. The molecule has 0 saturated carbocycles. The predicted molar refractivity (Wildman–Crippen MR) is 59.5 cm³/mol. The van der Waals surface area contributed by atoms with E-state index in [9.17, 15) is 14.9 Å². The van der Waals surface area contributed by atoms with E-state index in [1.807, 2.05) is 0 Å². The maximum Gasteiger partial charge on any atom is 0.407 e. The van der Waals surface area contributed by atoms with Gasteiger partial charge in [-0.1, -0.05) is 0 Å². The summed E-state index contributed by atoms with van der Waals surface area (Å²) in [5.74, 6) is 0.262. The van der Waals surface area contributed by atoms with Crippen LogP contribution in [0.5, 0.6) is 5.88 Å². The number of ether oxygens (including phenoxy) is 1. The predicted octanol–water partition coefficient (Wildman–Crippen LogP) is 1.12. The minimum atomic E-state index is -0.974. The van der Waals surface area contributed by atoms with Crippen molar-refractivity contribution in [2.75, 3.05) is 13.1 Å². The number of carbonyl (C=O) groups is 1. The first kappa shape index (κ1) is 12.1. The van der Waals surface area contributed by atoms with Gasteiger partial charge < -0.3 is 14.7 Å². The van der Waals surface area contributed by atoms with Crippen LogP contribution in [0.4, 0.5) is 10.5 Å². The summed E-state index contributed by atoms with van der Waals surface area (Å²) in [5.41, 5.74) is -0.110. The summed E-state index contributed by atoms with van der Waals surface area (Å²) < 4.78 is 5.45. The van der Waals surface area contributed by atoms with Crippen molar-refractivity contribution in [1.29, 1.82) is 0 Å². The monoisotopic (exact) mass is 253 g/mol. The number of nitro groups is 1. The second-order valence-electron chi connectivity index (χ2n) is 3.87. The molecule has 8 heteroatoms. The van der Waals surface area contributed by atoms with Gasteiger partial charge in [0.2, 0.25) is 5.88 Å². The molecule has 0 radical (unpaired) electrons. The highest BCUT2D eigenvalue weighted by Gasteiger charge is 2.27. The smallest absolute Gasteiger partial charge is 0.407 e. The van der Waals surface area contributed by atoms with E-state index in [0.29, 0.717) is 13.0 Å². The summed E-state index contributed by atoms with van der Waals surface area (Å²) in [6, 6.07) is 2.70. The maximum atomic E-state index is 10.7. The van der Waals surface area contributed by atoms with Crippen molar-refractivity contribution in [3.8, 4) is 5.88 Å². The molecule has 0 spiro atoms. The third-order valence-corrected chi connectivity index (χ3v) is 2.63. The second-order valence-corrected chi connectivity index (χ2v) is 3.87. The van der Waals surface area contributed by atoms with E-state index in [1.165, 1.54) is 17.0 Å². The number of hydrogen-bond acceptors (Lipinski definition) is 5. The largest absolute Gasteiger partial charge is 0.472 e. The minimum absolute atomic E-state index is 0.110. The van der Waals surface area contributed by atoms with Crippen LogP contribution in [0.25, 0.3) is 0 Å². The highest BCUT2D eigenvalue weighted by Crippen LogP contribution is 2.18. The fourth-order valence-electron chi connectivity index (χ4n) is 1.72. The molecule has 0 aromatic carbocycles. The van der Waals surface area contributed by atoms with Gasteiger partial charge in [-0.2, -0.15) is 0 Å². The molecule has 0 aliphatic carbocycles. The van der Waals surface area contributed by atoms with E-state index in [4.69, 9.17) is 9.84 Å². The summed E-state index contributed by atoms with van der Waals surface area (Å²) in [4.78, 5) is 25.6. The van der Waals surface area contributed by atoms with Gasteiger partial charge in [0.1, 0.15) is 12.3 Å². The number of amides is 1. The number of nitrogens with zero attached hydrogens (tertiary/aromatic N) is 3. The quantitative estimate of drug-likeness (QED) is 0.639. The van der Waals surface area contributed by atoms with Crippen LogP contribution in [0.15, 0.2) is 18.3 Å². The average Bonchev–Trinajstić information content (AvgIpc) is 2.78. The number of carboxylic acid groups (broad SMARTS) is 1. The van der Waals surface area contributed by atoms with Crippen molar-refractivity contribution in [3.05, 3.63) is 28.4 Å². The third-order valence-electron chi connectivity index (χ3n) is 2.63. The van der Waals surface area contributed by atoms with Crippen molar-refractivity contribution in [1.82, 2.24) is 9.88 Å². The Hall–Kier alpha value is -2.38. The van der Waals surface area contributed by atoms with Gasteiger partial charge in [-0.3, -0.25) is 10.1 Å². The Kier molecular flexibility index (Phi) is 3.26. The molecule has 0 unspecified atom stereocenters. The van der Waals surface area contributed by atoms with E-state index in [2.05, 4.69) is 4.98 Å². The molecule has 1 aliphatic rings. The zero-order chi connectivity index (χ0) is 13.1. The lowest BCUT2D eigenvalue weighted by Crippen LogP contribution is -2.29. The standard InChI is InChI=1S/C10H11N3O5/c14-10(15)12-4-3-8(6-12)18-9-2-1-7(5-11-9)13(16)17/h1-2,5,8H,3-4,6H2,(H,14,15)/t8-/m1/s1. The summed E-state index contributed by atoms with van der Waals surface area (Å²) in [5, 5.41) is 19.2. The molecule has 2 heterocycles. The molecule has 1 aromatic rings. The molecule has 1 saturated heterocycles. The van der Waals surface area contributed by atoms with Gasteiger partial charge in [0.15, 0.2) is 0 Å². The van der Waals surface area contributed by atoms with Crippen LogP contribution in [-0.2, 0) is 0 Å². The molecule has 1 fully saturated rings. The Labute approximate surface area is 102 Å². The van der Waals surface area contributed by atoms with E-state index in [1.54, 1.807) is 0 Å². The highest BCUT2D eigenvalue weighted by molar-refractivity contribution is 5.65. The summed E-state index contributed by atoms with van der Waals surface area (Å²) in [6.07, 6.45) is 0.470. The van der Waals surface area contributed by atoms with Crippen LogP contribution in [0.2, 0.25) is 0 Å². The van der Waals surface area contributed by atoms with E-state index < -0.39 is 11.0 Å². The molecule has 1 atom stereocenters. The molecule has 1 aliphatic heterocycles. The van der Waals surface area contributed by atoms with Gasteiger partial charge in [-0.05, 0) is 0 Å². The van der Waals surface area contributed by atoms with Crippen molar-refractivity contribution >= 4 is 11.8 Å². The Morgan fingerprint density at radius 2 is 2.39 bits per heavy atom. The summed E-state index contributed by atoms with van der Waals surface area (Å²) >= 11 is 0. The lowest BCUT2D eigenvalue weighted by atomic mass is 10.3. The molecule has 18 heavy (non-hydrogen) atoms. The molecular formula is C10H11N3O5. The first-order valence-corrected chi connectivity index (χ1v) is 5.31. The van der Waals surface area contributed by atoms with Crippen LogP contribution in [-0.4, -0.2) is 45.2 Å². The topological polar surface area (TPSA) is 106 Å². The molecule has 1 N–H and O–H groups in total. The molecule has 0 bridgehead atoms. The van der Waals surface area contributed by atoms with Crippen molar-refractivity contribution in [2.24, 2.45) is 0 Å². The van der Waals surface area contributed by atoms with E-state index >= 15 is 0 Å². The van der Waals surface area contributed by atoms with Crippen LogP contribution < -0.4 is 4.74 Å². The number of aromatic nitrogens is 1. The molecule has 1 aromatic heterocycles. The van der Waals surface area contributed by atoms with Gasteiger partial charge in [-0.25, -0.2) is 9.78 Å². The lowest BCUT2D eigenvalue weighted by molar-refractivity contribution is -0.385. The highest BCUT2D eigenvalue weighted by atomic mass is 16.6. The van der Waals surface area contributed by atoms with Gasteiger partial charge in [0, 0.05) is 25.1 Å². The molecule has 96 valence electrons. The molecular weight excluding hydrogens is 242 g/mol. The van der Waals surface area contributed by atoms with Crippen LogP contribution in [0.3, 0.4) is 0 Å². The fraction of sp³-hybridized carbons (Fsp3) is 0.400. The molecule has 2 rings (SSSR count). The van der Waals surface area contributed by atoms with Crippen molar-refractivity contribution in [2.45, 2.75) is 12.5 Å². The zero-order valence-corrected chi connectivity index (χ0v) is 9.35. The fourth-order valence-corrected chi connectivity index (χ4v) is 1.72. The number of pyridine rings is 1. The Morgan fingerprint density at radius 1 is 1.61 bits per heavy atom. The Morgan fingerprint density at radius 3 is 2.89 bits per heavy atom. The van der Waals surface area contributed by atoms with Gasteiger partial charge in [0.25, 0.3) is 5.69 Å². The molecule has 1 amide bonds. The van der Waals surface area contributed by atoms with E-state index in [0.717, 1.165) is 6.20 Å². The van der Waals surface area contributed by atoms with E-state index in [-0.39, 0.29) is 24.2 Å². The second kappa shape index (κ2) is 4.86. The van der Waals surface area contributed by atoms with Gasteiger partial charge >= 0.3 is 6.09 Å². The number of rotatable bonds is 3. The van der Waals surface area contributed by atoms with Crippen molar-refractivity contribution in [3.63, 3.8) is 0 Å². The van der Waals surface area contributed by atoms with Crippen molar-refractivity contribution < 1.29 is 19.6 Å². The molecule has 8 nitrogen and oxygen atoms in total. The maximum absolute atomic E-state index is 10.7. The zero-order valence-electron chi connectivity index (χ0n) is 9.35. The Balaban J connectivity index is 1.94. The first-order chi connectivity index (χ1) is 8.56. The number of hydrogen-bond donors (Lipinski definition) is 1. The summed E-state index contributed by atoms with van der Waals surface area (Å²) in [6.45, 7) is 0.709. The SMILES string of the molecule is O=C(O)N1CC[C@@H](Oc2ccc([N+](=O)[O-])cn2)C1. The van der Waals surface area contributed by atoms with Gasteiger partial charge in [-0.15, -0.1) is 0 Å². The summed E-state index contributed by atoms with van der Waals surface area (Å²) in [7, 11) is 0. The third kappa shape index (κ3) is 2.65. The van der Waals surface area contributed by atoms with Gasteiger partial charge in [0.05, 0.1) is 11.5 Å². The average molecular weight is 253 g/mol. The lowest BCUT2D eigenvalue weighted by Gasteiger charge is -2.13. The normalized spacial score (nSPS) is 18.7. The van der Waals surface area contributed by atoms with Crippen LogP contribution >= 0.6 is 0 Å². The minimum Gasteiger partial charge on any atom is -0.472 e. The first-order valence-electron chi connectivity index (χ1n) is 5.31. The van der Waals surface area contributed by atoms with Crippen LogP contribution in [0.1, 0.15) is 6.42 Å². The van der Waals surface area contributed by atoms with Crippen LogP contribution in [0, 0.1) is 10.1 Å². The number of likely N-dealkylation sites (tertiary alicyclic amines) is 1.